The summed E-state index contributed by atoms with van der Waals surface area (Å²) in [4.78, 5) is 8.43. The van der Waals surface area contributed by atoms with Crippen molar-refractivity contribution in [2.24, 2.45) is 0 Å². The minimum atomic E-state index is -0.966. The smallest absolute Gasteiger partial charge is 0.231 e. The van der Waals surface area contributed by atoms with E-state index < -0.39 is 11.6 Å². The Hall–Kier alpha value is -2.81. The van der Waals surface area contributed by atoms with Crippen LogP contribution in [0.2, 0.25) is 0 Å². The predicted molar refractivity (Wildman–Crippen MR) is 76.9 cm³/mol. The summed E-state index contributed by atoms with van der Waals surface area (Å²) >= 11 is 0. The number of fused-ring (bicyclic) bond motifs is 1. The van der Waals surface area contributed by atoms with Crippen LogP contribution in [0.1, 0.15) is 0 Å². The first-order valence-electron chi connectivity index (χ1n) is 6.45. The second kappa shape index (κ2) is 5.90. The molecule has 7 nitrogen and oxygen atoms in total. The molecule has 0 fully saturated rings. The van der Waals surface area contributed by atoms with Crippen LogP contribution in [0, 0.1) is 11.6 Å². The number of hydrogen-bond donors (Lipinski definition) is 4. The minimum absolute atomic E-state index is 0.0602. The molecular formula is C13H12F2N6O. The van der Waals surface area contributed by atoms with Crippen molar-refractivity contribution in [1.29, 1.82) is 0 Å². The maximum Gasteiger partial charge on any atom is 0.231 e. The van der Waals surface area contributed by atoms with Gasteiger partial charge < -0.3 is 15.7 Å². The van der Waals surface area contributed by atoms with Crippen molar-refractivity contribution in [2.45, 2.75) is 0 Å². The molecule has 9 heteroatoms. The second-order valence-corrected chi connectivity index (χ2v) is 4.43. The number of aliphatic hydroxyl groups is 1. The summed E-state index contributed by atoms with van der Waals surface area (Å²) in [7, 11) is 0. The summed E-state index contributed by atoms with van der Waals surface area (Å²) in [5.74, 6) is -1.24. The first-order chi connectivity index (χ1) is 10.7. The van der Waals surface area contributed by atoms with Gasteiger partial charge in [0.2, 0.25) is 5.95 Å². The number of halogens is 2. The van der Waals surface area contributed by atoms with Gasteiger partial charge in [-0.3, -0.25) is 5.10 Å². The Balaban J connectivity index is 1.94. The van der Waals surface area contributed by atoms with E-state index in [4.69, 9.17) is 5.11 Å². The summed E-state index contributed by atoms with van der Waals surface area (Å²) in [5, 5.41) is 21.9. The second-order valence-electron chi connectivity index (χ2n) is 4.43. The average molecular weight is 306 g/mol. The van der Waals surface area contributed by atoms with Gasteiger partial charge in [0.1, 0.15) is 5.82 Å². The lowest BCUT2D eigenvalue weighted by atomic mass is 10.3. The molecule has 0 saturated heterocycles. The highest BCUT2D eigenvalue weighted by molar-refractivity contribution is 5.87. The van der Waals surface area contributed by atoms with E-state index >= 15 is 0 Å². The summed E-state index contributed by atoms with van der Waals surface area (Å²) < 4.78 is 26.1. The molecule has 2 aromatic heterocycles. The molecule has 0 atom stereocenters. The Kier molecular flexibility index (Phi) is 3.79. The molecule has 0 unspecified atom stereocenters. The fourth-order valence-corrected chi connectivity index (χ4v) is 1.90. The Labute approximate surface area is 123 Å². The highest BCUT2D eigenvalue weighted by atomic mass is 19.2. The van der Waals surface area contributed by atoms with Gasteiger partial charge in [0.25, 0.3) is 0 Å². The largest absolute Gasteiger partial charge is 0.395 e. The van der Waals surface area contributed by atoms with Crippen molar-refractivity contribution < 1.29 is 13.9 Å². The van der Waals surface area contributed by atoms with Gasteiger partial charge in [0.15, 0.2) is 17.3 Å². The molecule has 22 heavy (non-hydrogen) atoms. The van der Waals surface area contributed by atoms with E-state index in [-0.39, 0.29) is 12.6 Å². The fraction of sp³-hybridized carbons (Fsp3) is 0.154. The molecule has 0 aliphatic rings. The molecule has 1 aromatic carbocycles. The average Bonchev–Trinajstić information content (AvgIpc) is 2.97. The van der Waals surface area contributed by atoms with E-state index in [1.165, 1.54) is 6.07 Å². The number of rotatable bonds is 5. The maximum absolute atomic E-state index is 13.2. The lowest BCUT2D eigenvalue weighted by molar-refractivity contribution is 0.311. The maximum atomic E-state index is 13.2. The van der Waals surface area contributed by atoms with Crippen molar-refractivity contribution in [3.63, 3.8) is 0 Å². The topological polar surface area (TPSA) is 98.7 Å². The van der Waals surface area contributed by atoms with Crippen molar-refractivity contribution in [1.82, 2.24) is 20.2 Å². The third-order valence-electron chi connectivity index (χ3n) is 2.89. The molecule has 0 amide bonds. The van der Waals surface area contributed by atoms with Crippen LogP contribution in [0.25, 0.3) is 11.0 Å². The van der Waals surface area contributed by atoms with E-state index in [0.29, 0.717) is 29.1 Å². The summed E-state index contributed by atoms with van der Waals surface area (Å²) in [5.41, 5.74) is 0.784. The van der Waals surface area contributed by atoms with Crippen molar-refractivity contribution in [2.75, 3.05) is 23.8 Å². The van der Waals surface area contributed by atoms with Crippen LogP contribution in [0.4, 0.5) is 26.2 Å². The number of anilines is 3. The van der Waals surface area contributed by atoms with Gasteiger partial charge in [-0.25, -0.2) is 8.78 Å². The van der Waals surface area contributed by atoms with Gasteiger partial charge in [-0.1, -0.05) is 0 Å². The molecule has 0 radical (unpaired) electrons. The van der Waals surface area contributed by atoms with Crippen LogP contribution in [-0.4, -0.2) is 38.4 Å². The highest BCUT2D eigenvalue weighted by Gasteiger charge is 2.10. The van der Waals surface area contributed by atoms with Gasteiger partial charge >= 0.3 is 0 Å². The summed E-state index contributed by atoms with van der Waals surface area (Å²) in [6.45, 7) is 0.247. The fourth-order valence-electron chi connectivity index (χ4n) is 1.90. The van der Waals surface area contributed by atoms with E-state index in [0.717, 1.165) is 12.1 Å². The van der Waals surface area contributed by atoms with Gasteiger partial charge in [0, 0.05) is 18.3 Å². The van der Waals surface area contributed by atoms with Crippen molar-refractivity contribution in [3.8, 4) is 0 Å². The molecule has 0 bridgehead atoms. The SMILES string of the molecule is OCCNc1nc(Nc2ccc(F)c(F)c2)nc2[nH]ncc12. The lowest BCUT2D eigenvalue weighted by Crippen LogP contribution is -2.09. The van der Waals surface area contributed by atoms with Gasteiger partial charge in [0.05, 0.1) is 18.2 Å². The van der Waals surface area contributed by atoms with Crippen LogP contribution in [0.3, 0.4) is 0 Å². The first-order valence-corrected chi connectivity index (χ1v) is 6.45. The molecule has 3 rings (SSSR count). The number of hydrogen-bond acceptors (Lipinski definition) is 6. The highest BCUT2D eigenvalue weighted by Crippen LogP contribution is 2.22. The van der Waals surface area contributed by atoms with E-state index in [1.807, 2.05) is 0 Å². The van der Waals surface area contributed by atoms with Crippen LogP contribution in [0.5, 0.6) is 0 Å². The Morgan fingerprint density at radius 1 is 1.18 bits per heavy atom. The van der Waals surface area contributed by atoms with E-state index in [9.17, 15) is 8.78 Å². The van der Waals surface area contributed by atoms with Crippen LogP contribution < -0.4 is 10.6 Å². The zero-order chi connectivity index (χ0) is 15.5. The van der Waals surface area contributed by atoms with E-state index in [2.05, 4.69) is 30.8 Å². The molecule has 0 saturated carbocycles. The number of nitrogens with one attached hydrogen (secondary N) is 3. The standard InChI is InChI=1S/C13H12F2N6O/c14-9-2-1-7(5-10(9)15)18-13-19-11(16-3-4-22)8-6-17-21-12(8)20-13/h1-2,5-6,22H,3-4H2,(H3,16,17,18,19,20,21). The lowest BCUT2D eigenvalue weighted by Gasteiger charge is -2.09. The Morgan fingerprint density at radius 3 is 2.82 bits per heavy atom. The number of aromatic amines is 1. The Bertz CT molecular complexity index is 806. The molecule has 0 aliphatic heterocycles. The van der Waals surface area contributed by atoms with Crippen LogP contribution in [-0.2, 0) is 0 Å². The number of aromatic nitrogens is 4. The molecule has 3 aromatic rings. The van der Waals surface area contributed by atoms with Crippen molar-refractivity contribution in [3.05, 3.63) is 36.0 Å². The molecule has 2 heterocycles. The van der Waals surface area contributed by atoms with Gasteiger partial charge in [-0.15, -0.1) is 0 Å². The zero-order valence-corrected chi connectivity index (χ0v) is 11.3. The number of aliphatic hydroxyl groups excluding tert-OH is 1. The minimum Gasteiger partial charge on any atom is -0.395 e. The third kappa shape index (κ3) is 2.79. The predicted octanol–water partition coefficient (Wildman–Crippen LogP) is 1.78. The van der Waals surface area contributed by atoms with Crippen LogP contribution in [0.15, 0.2) is 24.4 Å². The van der Waals surface area contributed by atoms with Crippen LogP contribution >= 0.6 is 0 Å². The first kappa shape index (κ1) is 14.1. The molecular weight excluding hydrogens is 294 g/mol. The Morgan fingerprint density at radius 2 is 2.05 bits per heavy atom. The quantitative estimate of drug-likeness (QED) is 0.573. The summed E-state index contributed by atoms with van der Waals surface area (Å²) in [6, 6.07) is 3.40. The molecule has 114 valence electrons. The third-order valence-corrected chi connectivity index (χ3v) is 2.89. The number of benzene rings is 1. The number of nitrogens with zero attached hydrogens (tertiary/aromatic N) is 3. The summed E-state index contributed by atoms with van der Waals surface area (Å²) in [6.07, 6.45) is 1.55. The number of H-pyrrole nitrogens is 1. The van der Waals surface area contributed by atoms with Gasteiger partial charge in [-0.2, -0.15) is 15.1 Å². The monoisotopic (exact) mass is 306 g/mol. The van der Waals surface area contributed by atoms with Gasteiger partial charge in [-0.05, 0) is 12.1 Å². The normalized spacial score (nSPS) is 10.9. The van der Waals surface area contributed by atoms with E-state index in [1.54, 1.807) is 6.20 Å². The zero-order valence-electron chi connectivity index (χ0n) is 11.3. The van der Waals surface area contributed by atoms with Crippen molar-refractivity contribution >= 4 is 28.5 Å². The molecule has 0 spiro atoms. The molecule has 4 N–H and O–H groups in total. The molecule has 0 aliphatic carbocycles.